The third kappa shape index (κ3) is 2.49. The molecule has 1 amide bonds. The smallest absolute Gasteiger partial charge is 0.345 e. The summed E-state index contributed by atoms with van der Waals surface area (Å²) in [4.78, 5) is 25.4. The van der Waals surface area contributed by atoms with E-state index in [0.29, 0.717) is 4.88 Å². The first-order valence-electron chi connectivity index (χ1n) is 5.51. The number of nitrogens with zero attached hydrogens (tertiary/aromatic N) is 1. The molecule has 1 fully saturated rings. The molecule has 1 aromatic heterocycles. The summed E-state index contributed by atoms with van der Waals surface area (Å²) in [5.41, 5.74) is 0.169. The highest BCUT2D eigenvalue weighted by atomic mass is 32.1. The number of hydrogen-bond donors (Lipinski definition) is 1. The third-order valence-corrected chi connectivity index (χ3v) is 4.05. The van der Waals surface area contributed by atoms with Crippen LogP contribution >= 0.6 is 11.3 Å². The summed E-state index contributed by atoms with van der Waals surface area (Å²) >= 11 is 1.05. The standard InChI is InChI=1S/C12H15NO3S/c1-12(2)5-6-13(7-12)10(14)8-3-4-9(17-8)11(15)16/h3-4H,5-7H2,1-2H3,(H,15,16). The predicted molar refractivity (Wildman–Crippen MR) is 65.6 cm³/mol. The average molecular weight is 253 g/mol. The fraction of sp³-hybridized carbons (Fsp3) is 0.500. The van der Waals surface area contributed by atoms with Crippen molar-refractivity contribution in [2.45, 2.75) is 20.3 Å². The van der Waals surface area contributed by atoms with Crippen LogP contribution in [-0.4, -0.2) is 35.0 Å². The van der Waals surface area contributed by atoms with Crippen molar-refractivity contribution in [3.63, 3.8) is 0 Å². The van der Waals surface area contributed by atoms with Crippen LogP contribution < -0.4 is 0 Å². The lowest BCUT2D eigenvalue weighted by Gasteiger charge is -2.19. The van der Waals surface area contributed by atoms with Crippen LogP contribution in [0.25, 0.3) is 0 Å². The van der Waals surface area contributed by atoms with Gasteiger partial charge >= 0.3 is 5.97 Å². The molecule has 0 bridgehead atoms. The van der Waals surface area contributed by atoms with Gasteiger partial charge in [-0.15, -0.1) is 11.3 Å². The van der Waals surface area contributed by atoms with Crippen LogP contribution in [0.1, 0.15) is 39.6 Å². The fourth-order valence-corrected chi connectivity index (χ4v) is 2.82. The molecule has 2 heterocycles. The van der Waals surface area contributed by atoms with Gasteiger partial charge in [-0.3, -0.25) is 4.79 Å². The second-order valence-corrected chi connectivity index (χ2v) is 6.19. The van der Waals surface area contributed by atoms with Crippen molar-refractivity contribution in [3.05, 3.63) is 21.9 Å². The number of rotatable bonds is 2. The molecule has 0 saturated carbocycles. The summed E-state index contributed by atoms with van der Waals surface area (Å²) in [5, 5.41) is 8.81. The molecule has 0 aliphatic carbocycles. The number of carbonyl (C=O) groups is 2. The van der Waals surface area contributed by atoms with E-state index < -0.39 is 5.97 Å². The van der Waals surface area contributed by atoms with Crippen molar-refractivity contribution in [2.75, 3.05) is 13.1 Å². The maximum absolute atomic E-state index is 12.1. The van der Waals surface area contributed by atoms with E-state index in [1.54, 1.807) is 11.0 Å². The van der Waals surface area contributed by atoms with E-state index in [0.717, 1.165) is 30.8 Å². The summed E-state index contributed by atoms with van der Waals surface area (Å²) in [7, 11) is 0. The van der Waals surface area contributed by atoms with E-state index in [1.165, 1.54) is 6.07 Å². The third-order valence-electron chi connectivity index (χ3n) is 2.99. The maximum atomic E-state index is 12.1. The molecule has 0 radical (unpaired) electrons. The van der Waals surface area contributed by atoms with Gasteiger partial charge in [0.15, 0.2) is 0 Å². The van der Waals surface area contributed by atoms with Crippen LogP contribution in [0.4, 0.5) is 0 Å². The summed E-state index contributed by atoms with van der Waals surface area (Å²) in [5.74, 6) is -1.02. The molecule has 0 aromatic carbocycles. The monoisotopic (exact) mass is 253 g/mol. The zero-order valence-electron chi connectivity index (χ0n) is 9.90. The average Bonchev–Trinajstić information content (AvgIpc) is 2.83. The molecule has 0 spiro atoms. The van der Waals surface area contributed by atoms with Crippen molar-refractivity contribution in [3.8, 4) is 0 Å². The Morgan fingerprint density at radius 3 is 2.47 bits per heavy atom. The molecule has 1 aromatic rings. The number of carbonyl (C=O) groups excluding carboxylic acids is 1. The number of aromatic carboxylic acids is 1. The number of carboxylic acids is 1. The molecule has 17 heavy (non-hydrogen) atoms. The SMILES string of the molecule is CC1(C)CCN(C(=O)c2ccc(C(=O)O)s2)C1. The van der Waals surface area contributed by atoms with Crippen LogP contribution in [0.15, 0.2) is 12.1 Å². The van der Waals surface area contributed by atoms with E-state index in [2.05, 4.69) is 13.8 Å². The van der Waals surface area contributed by atoms with Crippen molar-refractivity contribution in [1.29, 1.82) is 0 Å². The van der Waals surface area contributed by atoms with Gasteiger partial charge < -0.3 is 10.0 Å². The minimum atomic E-state index is -0.976. The van der Waals surface area contributed by atoms with Crippen LogP contribution in [-0.2, 0) is 0 Å². The Labute approximate surface area is 104 Å². The second-order valence-electron chi connectivity index (χ2n) is 5.11. The molecular formula is C12H15NO3S. The highest BCUT2D eigenvalue weighted by Crippen LogP contribution is 2.30. The highest BCUT2D eigenvalue weighted by molar-refractivity contribution is 7.15. The van der Waals surface area contributed by atoms with Crippen LogP contribution in [0.5, 0.6) is 0 Å². The highest BCUT2D eigenvalue weighted by Gasteiger charge is 2.32. The minimum Gasteiger partial charge on any atom is -0.477 e. The van der Waals surface area contributed by atoms with Gasteiger partial charge in [-0.25, -0.2) is 4.79 Å². The number of hydrogen-bond acceptors (Lipinski definition) is 3. The van der Waals surface area contributed by atoms with Gasteiger partial charge in [0.05, 0.1) is 4.88 Å². The Hall–Kier alpha value is -1.36. The molecule has 1 saturated heterocycles. The Balaban J connectivity index is 2.12. The van der Waals surface area contributed by atoms with E-state index in [1.807, 2.05) is 0 Å². The zero-order chi connectivity index (χ0) is 12.6. The Bertz CT molecular complexity index is 464. The lowest BCUT2D eigenvalue weighted by atomic mass is 9.93. The van der Waals surface area contributed by atoms with Gasteiger partial charge in [0.1, 0.15) is 4.88 Å². The molecule has 1 aliphatic heterocycles. The predicted octanol–water partition coefficient (Wildman–Crippen LogP) is 2.32. The van der Waals surface area contributed by atoms with Crippen molar-refractivity contribution in [1.82, 2.24) is 4.90 Å². The lowest BCUT2D eigenvalue weighted by Crippen LogP contribution is -2.29. The maximum Gasteiger partial charge on any atom is 0.345 e. The Morgan fingerprint density at radius 1 is 1.35 bits per heavy atom. The van der Waals surface area contributed by atoms with E-state index in [-0.39, 0.29) is 16.2 Å². The summed E-state index contributed by atoms with van der Waals surface area (Å²) in [6, 6.07) is 3.09. The Kier molecular flexibility index (Phi) is 2.95. The van der Waals surface area contributed by atoms with Crippen molar-refractivity contribution >= 4 is 23.2 Å². The first kappa shape index (κ1) is 12.1. The molecule has 2 rings (SSSR count). The minimum absolute atomic E-state index is 0.0481. The number of carboxylic acid groups (broad SMARTS) is 1. The first-order chi connectivity index (χ1) is 7.89. The Morgan fingerprint density at radius 2 is 2.00 bits per heavy atom. The van der Waals surface area contributed by atoms with Crippen LogP contribution in [0.3, 0.4) is 0 Å². The largest absolute Gasteiger partial charge is 0.477 e. The van der Waals surface area contributed by atoms with E-state index in [9.17, 15) is 9.59 Å². The van der Waals surface area contributed by atoms with Gasteiger partial charge in [-0.05, 0) is 24.0 Å². The number of likely N-dealkylation sites (tertiary alicyclic amines) is 1. The van der Waals surface area contributed by atoms with Crippen molar-refractivity contribution < 1.29 is 14.7 Å². The number of amides is 1. The molecule has 0 atom stereocenters. The summed E-state index contributed by atoms with van der Waals surface area (Å²) in [6.07, 6.45) is 0.996. The quantitative estimate of drug-likeness (QED) is 0.880. The molecule has 92 valence electrons. The lowest BCUT2D eigenvalue weighted by molar-refractivity contribution is 0.0701. The zero-order valence-corrected chi connectivity index (χ0v) is 10.7. The molecule has 4 nitrogen and oxygen atoms in total. The number of thiophene rings is 1. The van der Waals surface area contributed by atoms with Crippen LogP contribution in [0, 0.1) is 5.41 Å². The van der Waals surface area contributed by atoms with Crippen molar-refractivity contribution in [2.24, 2.45) is 5.41 Å². The topological polar surface area (TPSA) is 57.6 Å². The fourth-order valence-electron chi connectivity index (χ4n) is 2.01. The van der Waals surface area contributed by atoms with Gasteiger partial charge in [-0.2, -0.15) is 0 Å². The van der Waals surface area contributed by atoms with Gasteiger partial charge in [0.2, 0.25) is 0 Å². The molecule has 0 unspecified atom stereocenters. The van der Waals surface area contributed by atoms with E-state index >= 15 is 0 Å². The van der Waals surface area contributed by atoms with Gasteiger partial charge in [0.25, 0.3) is 5.91 Å². The summed E-state index contributed by atoms with van der Waals surface area (Å²) < 4.78 is 0. The summed E-state index contributed by atoms with van der Waals surface area (Å²) in [6.45, 7) is 5.77. The van der Waals surface area contributed by atoms with Gasteiger partial charge in [-0.1, -0.05) is 13.8 Å². The van der Waals surface area contributed by atoms with Gasteiger partial charge in [0, 0.05) is 13.1 Å². The van der Waals surface area contributed by atoms with E-state index in [4.69, 9.17) is 5.11 Å². The second kappa shape index (κ2) is 4.14. The first-order valence-corrected chi connectivity index (χ1v) is 6.33. The molecule has 1 aliphatic rings. The molecule has 1 N–H and O–H groups in total. The molecular weight excluding hydrogens is 238 g/mol. The molecule has 5 heteroatoms. The normalized spacial score (nSPS) is 18.4. The van der Waals surface area contributed by atoms with Crippen LogP contribution in [0.2, 0.25) is 0 Å².